The summed E-state index contributed by atoms with van der Waals surface area (Å²) >= 11 is 0. The number of ketones is 1. The maximum atomic E-state index is 11.6. The monoisotopic (exact) mass is 221 g/mol. The van der Waals surface area contributed by atoms with Crippen molar-refractivity contribution in [1.29, 1.82) is 0 Å². The molecule has 0 saturated carbocycles. The molecule has 4 nitrogen and oxygen atoms in total. The molecule has 4 heteroatoms. The van der Waals surface area contributed by atoms with E-state index in [-0.39, 0.29) is 11.8 Å². The second-order valence-corrected chi connectivity index (χ2v) is 3.83. The molecule has 1 aromatic carbocycles. The predicted octanol–water partition coefficient (Wildman–Crippen LogP) is 0.961. The van der Waals surface area contributed by atoms with Gasteiger partial charge in [0, 0.05) is 6.42 Å². The fourth-order valence-corrected chi connectivity index (χ4v) is 1.61. The Labute approximate surface area is 96.0 Å². The van der Waals surface area contributed by atoms with E-state index in [2.05, 4.69) is 5.32 Å². The minimum absolute atomic E-state index is 0.145. The van der Waals surface area contributed by atoms with E-state index < -0.39 is 0 Å². The summed E-state index contributed by atoms with van der Waals surface area (Å²) in [6.45, 7) is 1.87. The number of nitrogens with one attached hydrogen (secondary N) is 1. The molecule has 0 amide bonds. The Morgan fingerprint density at radius 1 is 1.38 bits per heavy atom. The average molecular weight is 221 g/mol. The molecule has 1 unspecified atom stereocenters. The molecule has 1 aromatic rings. The molecule has 5 N–H and O–H groups in total. The molecule has 0 heterocycles. The number of rotatable bonds is 5. The van der Waals surface area contributed by atoms with Crippen molar-refractivity contribution in [1.82, 2.24) is 5.32 Å². The molecular formula is C12H19N3O. The van der Waals surface area contributed by atoms with E-state index in [4.69, 9.17) is 11.5 Å². The van der Waals surface area contributed by atoms with Gasteiger partial charge in [0.1, 0.15) is 5.78 Å². The smallest absolute Gasteiger partial charge is 0.149 e. The summed E-state index contributed by atoms with van der Waals surface area (Å²) in [6.07, 6.45) is 1.18. The van der Waals surface area contributed by atoms with Crippen molar-refractivity contribution in [2.75, 3.05) is 18.5 Å². The molecule has 88 valence electrons. The highest BCUT2D eigenvalue weighted by Crippen LogP contribution is 2.17. The number of carbonyl (C=O) groups excluding carboxylic acids is 1. The van der Waals surface area contributed by atoms with Crippen LogP contribution in [0.2, 0.25) is 0 Å². The number of hydrogen-bond donors (Lipinski definition) is 3. The highest BCUT2D eigenvalue weighted by atomic mass is 16.1. The van der Waals surface area contributed by atoms with E-state index in [1.807, 2.05) is 19.1 Å². The summed E-state index contributed by atoms with van der Waals surface area (Å²) in [5.41, 5.74) is 13.5. The third kappa shape index (κ3) is 2.97. The molecule has 0 fully saturated rings. The first-order chi connectivity index (χ1) is 7.58. The lowest BCUT2D eigenvalue weighted by Crippen LogP contribution is -2.35. The predicted molar refractivity (Wildman–Crippen MR) is 67.1 cm³/mol. The van der Waals surface area contributed by atoms with Crippen LogP contribution in [-0.2, 0) is 11.2 Å². The zero-order chi connectivity index (χ0) is 12.1. The van der Waals surface area contributed by atoms with Crippen molar-refractivity contribution in [2.45, 2.75) is 25.8 Å². The van der Waals surface area contributed by atoms with E-state index in [0.717, 1.165) is 5.56 Å². The van der Waals surface area contributed by atoms with Crippen LogP contribution in [0, 0.1) is 0 Å². The fourth-order valence-electron chi connectivity index (χ4n) is 1.61. The highest BCUT2D eigenvalue weighted by Gasteiger charge is 2.14. The summed E-state index contributed by atoms with van der Waals surface area (Å²) < 4.78 is 0. The van der Waals surface area contributed by atoms with Gasteiger partial charge in [0.05, 0.1) is 17.4 Å². The number of likely N-dealkylation sites (N-methyl/N-ethyl adjacent to an activating group) is 1. The van der Waals surface area contributed by atoms with Gasteiger partial charge < -0.3 is 16.8 Å². The topological polar surface area (TPSA) is 81.1 Å². The lowest BCUT2D eigenvalue weighted by Gasteiger charge is -2.14. The largest absolute Gasteiger partial charge is 0.397 e. The number of anilines is 2. The van der Waals surface area contributed by atoms with E-state index >= 15 is 0 Å². The van der Waals surface area contributed by atoms with Gasteiger partial charge in [-0.1, -0.05) is 13.0 Å². The lowest BCUT2D eigenvalue weighted by molar-refractivity contribution is -0.120. The molecule has 0 radical (unpaired) electrons. The maximum Gasteiger partial charge on any atom is 0.149 e. The van der Waals surface area contributed by atoms with Crippen molar-refractivity contribution >= 4 is 17.2 Å². The van der Waals surface area contributed by atoms with Gasteiger partial charge in [0.15, 0.2) is 0 Å². The first-order valence-corrected chi connectivity index (χ1v) is 5.42. The third-order valence-electron chi connectivity index (χ3n) is 2.68. The van der Waals surface area contributed by atoms with Crippen LogP contribution < -0.4 is 16.8 Å². The molecule has 16 heavy (non-hydrogen) atoms. The number of nitrogen functional groups attached to an aromatic ring is 2. The second kappa shape index (κ2) is 5.51. The van der Waals surface area contributed by atoms with Crippen LogP contribution in [0.1, 0.15) is 18.9 Å². The minimum Gasteiger partial charge on any atom is -0.397 e. The summed E-state index contributed by atoms with van der Waals surface area (Å²) in [5.74, 6) is 0.206. The van der Waals surface area contributed by atoms with Crippen LogP contribution in [-0.4, -0.2) is 18.9 Å². The minimum atomic E-state index is -0.145. The van der Waals surface area contributed by atoms with E-state index in [9.17, 15) is 4.79 Å². The Balaban J connectivity index is 2.78. The van der Waals surface area contributed by atoms with Gasteiger partial charge in [0.25, 0.3) is 0 Å². The second-order valence-electron chi connectivity index (χ2n) is 3.83. The van der Waals surface area contributed by atoms with Crippen molar-refractivity contribution < 1.29 is 4.79 Å². The molecule has 0 aromatic heterocycles. The summed E-state index contributed by atoms with van der Waals surface area (Å²) in [4.78, 5) is 11.6. The van der Waals surface area contributed by atoms with Crippen LogP contribution in [0.15, 0.2) is 18.2 Å². The molecule has 0 aliphatic heterocycles. The van der Waals surface area contributed by atoms with Gasteiger partial charge in [-0.15, -0.1) is 0 Å². The van der Waals surface area contributed by atoms with E-state index in [1.165, 1.54) is 0 Å². The Kier molecular flexibility index (Phi) is 4.31. The maximum absolute atomic E-state index is 11.6. The van der Waals surface area contributed by atoms with Crippen molar-refractivity contribution in [3.8, 4) is 0 Å². The Morgan fingerprint density at radius 2 is 2.06 bits per heavy atom. The molecule has 1 rings (SSSR count). The first kappa shape index (κ1) is 12.5. The van der Waals surface area contributed by atoms with Gasteiger partial charge in [-0.3, -0.25) is 4.79 Å². The SMILES string of the molecule is CCC(=O)C(Cc1ccc(N)c(N)c1)NC. The van der Waals surface area contributed by atoms with Crippen LogP contribution in [0.5, 0.6) is 0 Å². The zero-order valence-electron chi connectivity index (χ0n) is 9.79. The van der Waals surface area contributed by atoms with Crippen molar-refractivity contribution in [2.24, 2.45) is 0 Å². The number of nitrogens with two attached hydrogens (primary N) is 2. The summed E-state index contributed by atoms with van der Waals surface area (Å²) in [6, 6.07) is 5.35. The molecule has 0 aliphatic rings. The highest BCUT2D eigenvalue weighted by molar-refractivity contribution is 5.84. The lowest BCUT2D eigenvalue weighted by atomic mass is 10.0. The van der Waals surface area contributed by atoms with Crippen LogP contribution in [0.25, 0.3) is 0 Å². The zero-order valence-corrected chi connectivity index (χ0v) is 9.79. The first-order valence-electron chi connectivity index (χ1n) is 5.42. The Bertz CT molecular complexity index is 377. The molecular weight excluding hydrogens is 202 g/mol. The van der Waals surface area contributed by atoms with E-state index in [0.29, 0.717) is 24.2 Å². The number of benzene rings is 1. The van der Waals surface area contributed by atoms with Crippen LogP contribution >= 0.6 is 0 Å². The Morgan fingerprint density at radius 3 is 2.56 bits per heavy atom. The molecule has 0 aliphatic carbocycles. The van der Waals surface area contributed by atoms with Crippen molar-refractivity contribution in [3.05, 3.63) is 23.8 Å². The molecule has 0 saturated heterocycles. The standard InChI is InChI=1S/C12H19N3O/c1-3-12(16)11(15-2)7-8-4-5-9(13)10(14)6-8/h4-6,11,15H,3,7,13-14H2,1-2H3. The van der Waals surface area contributed by atoms with Crippen LogP contribution in [0.3, 0.4) is 0 Å². The quantitative estimate of drug-likeness (QED) is 0.647. The number of Topliss-reactive ketones (excluding diaryl/α,β-unsaturated/α-hetero) is 1. The fraction of sp³-hybridized carbons (Fsp3) is 0.417. The average Bonchev–Trinajstić information content (AvgIpc) is 2.29. The van der Waals surface area contributed by atoms with Gasteiger partial charge in [-0.05, 0) is 31.2 Å². The summed E-state index contributed by atoms with van der Waals surface area (Å²) in [7, 11) is 1.79. The van der Waals surface area contributed by atoms with Gasteiger partial charge in [-0.25, -0.2) is 0 Å². The Hall–Kier alpha value is -1.55. The molecule has 0 bridgehead atoms. The van der Waals surface area contributed by atoms with E-state index in [1.54, 1.807) is 13.1 Å². The van der Waals surface area contributed by atoms with Gasteiger partial charge >= 0.3 is 0 Å². The third-order valence-corrected chi connectivity index (χ3v) is 2.68. The normalized spacial score (nSPS) is 12.4. The number of hydrogen-bond acceptors (Lipinski definition) is 4. The van der Waals surface area contributed by atoms with Gasteiger partial charge in [0.2, 0.25) is 0 Å². The molecule has 0 spiro atoms. The van der Waals surface area contributed by atoms with Gasteiger partial charge in [-0.2, -0.15) is 0 Å². The number of carbonyl (C=O) groups is 1. The van der Waals surface area contributed by atoms with Crippen molar-refractivity contribution in [3.63, 3.8) is 0 Å². The summed E-state index contributed by atoms with van der Waals surface area (Å²) in [5, 5.41) is 3.01. The molecule has 1 atom stereocenters. The van der Waals surface area contributed by atoms with Crippen LogP contribution in [0.4, 0.5) is 11.4 Å².